The van der Waals surface area contributed by atoms with Crippen LogP contribution in [-0.2, 0) is 22.9 Å². The highest BCUT2D eigenvalue weighted by atomic mass is 32.2. The summed E-state index contributed by atoms with van der Waals surface area (Å²) in [6.45, 7) is 7.53. The second-order valence-electron chi connectivity index (χ2n) is 7.73. The van der Waals surface area contributed by atoms with Crippen LogP contribution in [0.4, 0.5) is 0 Å². The summed E-state index contributed by atoms with van der Waals surface area (Å²) in [6, 6.07) is 6.72. The Morgan fingerprint density at radius 1 is 1.04 bits per heavy atom. The lowest BCUT2D eigenvalue weighted by Crippen LogP contribution is -2.58. The van der Waals surface area contributed by atoms with Crippen molar-refractivity contribution in [3.05, 3.63) is 53.1 Å². The molecule has 3 heterocycles. The number of hydrogen-bond acceptors (Lipinski definition) is 5. The average molecular weight is 375 g/mol. The molecule has 0 radical (unpaired) electrons. The van der Waals surface area contributed by atoms with Crippen LogP contribution in [0.5, 0.6) is 0 Å². The monoisotopic (exact) mass is 374 g/mol. The second kappa shape index (κ2) is 6.79. The van der Waals surface area contributed by atoms with Gasteiger partial charge in [-0.1, -0.05) is 29.3 Å². The number of benzene rings is 1. The highest BCUT2D eigenvalue weighted by molar-refractivity contribution is 7.91. The predicted molar refractivity (Wildman–Crippen MR) is 102 cm³/mol. The highest BCUT2D eigenvalue weighted by Crippen LogP contribution is 2.29. The van der Waals surface area contributed by atoms with E-state index in [2.05, 4.69) is 51.8 Å². The fourth-order valence-electron chi connectivity index (χ4n) is 4.47. The third-order valence-electron chi connectivity index (χ3n) is 5.50. The molecule has 2 fully saturated rings. The molecule has 2 atom stereocenters. The molecule has 0 aliphatic carbocycles. The maximum absolute atomic E-state index is 12.4. The first-order valence-corrected chi connectivity index (χ1v) is 10.9. The lowest BCUT2D eigenvalue weighted by molar-refractivity contribution is 0.0348. The highest BCUT2D eigenvalue weighted by Gasteiger charge is 2.46. The fraction of sp³-hybridized carbons (Fsp3) is 0.526. The number of rotatable bonds is 4. The molecular formula is C19H26N4O2S. The van der Waals surface area contributed by atoms with Gasteiger partial charge in [0.1, 0.15) is 0 Å². The number of piperazine rings is 1. The molecule has 1 N–H and O–H groups in total. The normalized spacial score (nSPS) is 26.1. The van der Waals surface area contributed by atoms with Gasteiger partial charge in [0.15, 0.2) is 9.84 Å². The lowest BCUT2D eigenvalue weighted by Gasteiger charge is -2.43. The van der Waals surface area contributed by atoms with Crippen LogP contribution in [0.25, 0.3) is 0 Å². The molecule has 2 aliphatic rings. The van der Waals surface area contributed by atoms with E-state index in [-0.39, 0.29) is 23.6 Å². The van der Waals surface area contributed by atoms with Gasteiger partial charge in [-0.05, 0) is 19.4 Å². The van der Waals surface area contributed by atoms with Crippen molar-refractivity contribution in [1.29, 1.82) is 0 Å². The van der Waals surface area contributed by atoms with Crippen molar-refractivity contribution in [3.63, 3.8) is 0 Å². The molecule has 6 nitrogen and oxygen atoms in total. The number of aryl methyl sites for hydroxylation is 2. The van der Waals surface area contributed by atoms with E-state index in [4.69, 9.17) is 0 Å². The number of nitrogens with zero attached hydrogens (tertiary/aromatic N) is 3. The van der Waals surface area contributed by atoms with E-state index in [9.17, 15) is 8.42 Å². The van der Waals surface area contributed by atoms with Gasteiger partial charge < -0.3 is 4.98 Å². The smallest absolute Gasteiger partial charge is 0.153 e. The van der Waals surface area contributed by atoms with Crippen LogP contribution in [0.1, 0.15) is 22.4 Å². The Hall–Kier alpha value is -1.70. The molecule has 1 aromatic heterocycles. The van der Waals surface area contributed by atoms with E-state index in [1.807, 2.05) is 6.20 Å². The van der Waals surface area contributed by atoms with Gasteiger partial charge in [-0.2, -0.15) is 0 Å². The zero-order chi connectivity index (χ0) is 18.3. The van der Waals surface area contributed by atoms with Crippen molar-refractivity contribution in [3.8, 4) is 0 Å². The minimum Gasteiger partial charge on any atom is -0.347 e. The molecule has 26 heavy (non-hydrogen) atoms. The van der Waals surface area contributed by atoms with E-state index in [1.165, 1.54) is 16.7 Å². The van der Waals surface area contributed by atoms with Gasteiger partial charge >= 0.3 is 0 Å². The van der Waals surface area contributed by atoms with Gasteiger partial charge in [0.2, 0.25) is 0 Å². The molecule has 2 aromatic rings. The predicted octanol–water partition coefficient (Wildman–Crippen LogP) is 1.51. The first-order valence-electron chi connectivity index (χ1n) is 9.12. The Labute approximate surface area is 155 Å². The number of nitrogens with one attached hydrogen (secondary N) is 1. The zero-order valence-corrected chi connectivity index (χ0v) is 16.2. The number of H-pyrrole nitrogens is 1. The van der Waals surface area contributed by atoms with Crippen molar-refractivity contribution in [2.24, 2.45) is 0 Å². The van der Waals surface area contributed by atoms with Gasteiger partial charge in [-0.15, -0.1) is 0 Å². The molecule has 0 bridgehead atoms. The van der Waals surface area contributed by atoms with Crippen molar-refractivity contribution >= 4 is 9.84 Å². The molecule has 7 heteroatoms. The van der Waals surface area contributed by atoms with Crippen molar-refractivity contribution in [2.45, 2.75) is 39.0 Å². The topological polar surface area (TPSA) is 69.3 Å². The summed E-state index contributed by atoms with van der Waals surface area (Å²) in [7, 11) is -2.99. The number of aromatic nitrogens is 2. The van der Waals surface area contributed by atoms with E-state index >= 15 is 0 Å². The second-order valence-corrected chi connectivity index (χ2v) is 9.88. The first-order chi connectivity index (χ1) is 12.4. The van der Waals surface area contributed by atoms with E-state index in [1.54, 1.807) is 6.33 Å². The summed E-state index contributed by atoms with van der Waals surface area (Å²) in [6.07, 6.45) is 3.49. The fourth-order valence-corrected chi connectivity index (χ4v) is 6.52. The number of hydrogen-bond donors (Lipinski definition) is 1. The quantitative estimate of drug-likeness (QED) is 0.879. The summed E-state index contributed by atoms with van der Waals surface area (Å²) in [4.78, 5) is 11.9. The molecule has 0 spiro atoms. The van der Waals surface area contributed by atoms with Crippen LogP contribution in [0.2, 0.25) is 0 Å². The molecule has 140 valence electrons. The van der Waals surface area contributed by atoms with Gasteiger partial charge in [0.25, 0.3) is 0 Å². The SMILES string of the molecule is Cc1cc(C)cc(CN2CCN(Cc3cnc[nH]3)[C@@H]3CS(=O)(=O)C[C@@H]32)c1. The zero-order valence-electron chi connectivity index (χ0n) is 15.4. The lowest BCUT2D eigenvalue weighted by atomic mass is 10.0. The van der Waals surface area contributed by atoms with E-state index < -0.39 is 9.84 Å². The Bertz CT molecular complexity index is 859. The van der Waals surface area contributed by atoms with Crippen LogP contribution in [0.3, 0.4) is 0 Å². The van der Waals surface area contributed by atoms with Crippen molar-refractivity contribution in [2.75, 3.05) is 24.6 Å². The first kappa shape index (κ1) is 17.7. The molecule has 1 aromatic carbocycles. The summed E-state index contributed by atoms with van der Waals surface area (Å²) >= 11 is 0. The minimum absolute atomic E-state index is 0.0583. The Balaban J connectivity index is 1.55. The van der Waals surface area contributed by atoms with E-state index in [0.29, 0.717) is 0 Å². The van der Waals surface area contributed by atoms with Crippen molar-refractivity contribution < 1.29 is 8.42 Å². The molecule has 0 unspecified atom stereocenters. The number of fused-ring (bicyclic) bond motifs is 1. The number of sulfone groups is 1. The summed E-state index contributed by atoms with van der Waals surface area (Å²) in [5, 5.41) is 0. The van der Waals surface area contributed by atoms with Crippen LogP contribution in [-0.4, -0.2) is 64.9 Å². The largest absolute Gasteiger partial charge is 0.347 e. The van der Waals surface area contributed by atoms with Crippen LogP contribution >= 0.6 is 0 Å². The summed E-state index contributed by atoms with van der Waals surface area (Å²) in [5.74, 6) is 0.525. The Kier molecular flexibility index (Phi) is 4.62. The maximum Gasteiger partial charge on any atom is 0.153 e. The third-order valence-corrected chi connectivity index (χ3v) is 7.20. The molecule has 2 aliphatic heterocycles. The third kappa shape index (κ3) is 3.70. The Morgan fingerprint density at radius 3 is 2.23 bits per heavy atom. The van der Waals surface area contributed by atoms with Gasteiger partial charge in [0.05, 0.1) is 17.8 Å². The summed E-state index contributed by atoms with van der Waals surface area (Å²) < 4.78 is 24.8. The van der Waals surface area contributed by atoms with Crippen LogP contribution in [0.15, 0.2) is 30.7 Å². The number of aromatic amines is 1. The van der Waals surface area contributed by atoms with Crippen molar-refractivity contribution in [1.82, 2.24) is 19.8 Å². The van der Waals surface area contributed by atoms with Gasteiger partial charge in [-0.25, -0.2) is 13.4 Å². The molecule has 2 saturated heterocycles. The average Bonchev–Trinajstić information content (AvgIpc) is 3.15. The number of imidazole rings is 1. The standard InChI is InChI=1S/C19H26N4O2S/c1-14-5-15(2)7-16(6-14)9-22-3-4-23(10-17-8-20-13-21-17)19-12-26(24,25)11-18(19)22/h5-8,13,18-19H,3-4,9-12H2,1-2H3,(H,20,21)/t18-,19+/m0/s1. The minimum atomic E-state index is -2.99. The maximum atomic E-state index is 12.4. The van der Waals surface area contributed by atoms with Gasteiger partial charge in [0, 0.05) is 50.2 Å². The van der Waals surface area contributed by atoms with Crippen LogP contribution < -0.4 is 0 Å². The molecule has 0 saturated carbocycles. The van der Waals surface area contributed by atoms with E-state index in [0.717, 1.165) is 31.9 Å². The Morgan fingerprint density at radius 2 is 1.65 bits per heavy atom. The van der Waals surface area contributed by atoms with Gasteiger partial charge in [-0.3, -0.25) is 9.80 Å². The molecule has 0 amide bonds. The van der Waals surface area contributed by atoms with Crippen LogP contribution in [0, 0.1) is 13.8 Å². The summed E-state index contributed by atoms with van der Waals surface area (Å²) in [5.41, 5.74) is 4.82. The molecular weight excluding hydrogens is 348 g/mol. The molecule has 4 rings (SSSR count).